The van der Waals surface area contributed by atoms with Crippen molar-refractivity contribution in [1.82, 2.24) is 14.8 Å². The van der Waals surface area contributed by atoms with Gasteiger partial charge < -0.3 is 14.8 Å². The number of aromatic amines is 1. The van der Waals surface area contributed by atoms with Crippen LogP contribution in [0.15, 0.2) is 24.3 Å². The number of hydrogen-bond donors (Lipinski definition) is 1. The number of carbonyl (C=O) groups excluding carboxylic acids is 2. The third-order valence-electron chi connectivity index (χ3n) is 6.41. The number of amides is 2. The van der Waals surface area contributed by atoms with Crippen molar-refractivity contribution in [2.24, 2.45) is 0 Å². The second-order valence-electron chi connectivity index (χ2n) is 8.01. The predicted octanol–water partition coefficient (Wildman–Crippen LogP) is 3.48. The van der Waals surface area contributed by atoms with Crippen molar-refractivity contribution in [2.75, 3.05) is 13.1 Å². The molecular weight excluding hydrogens is 326 g/mol. The quantitative estimate of drug-likeness (QED) is 0.853. The number of carbonyl (C=O) groups is 2. The number of aryl methyl sites for hydroxylation is 1. The van der Waals surface area contributed by atoms with Gasteiger partial charge in [-0.1, -0.05) is 12.1 Å². The molecule has 5 heteroatoms. The van der Waals surface area contributed by atoms with Crippen LogP contribution >= 0.6 is 0 Å². The van der Waals surface area contributed by atoms with Gasteiger partial charge in [0.05, 0.1) is 11.6 Å². The molecule has 1 aromatic heterocycles. The summed E-state index contributed by atoms with van der Waals surface area (Å²) in [5.41, 5.74) is 2.57. The number of hydrogen-bond acceptors (Lipinski definition) is 2. The van der Waals surface area contributed by atoms with Crippen LogP contribution in [0, 0.1) is 6.92 Å². The second-order valence-corrected chi connectivity index (χ2v) is 8.01. The Morgan fingerprint density at radius 3 is 2.77 bits per heavy atom. The average molecular weight is 353 g/mol. The Morgan fingerprint density at radius 2 is 2.04 bits per heavy atom. The molecule has 138 valence electrons. The van der Waals surface area contributed by atoms with E-state index in [0.717, 1.165) is 49.7 Å². The van der Waals surface area contributed by atoms with Gasteiger partial charge in [-0.05, 0) is 57.2 Å². The molecule has 0 radical (unpaired) electrons. The molecule has 1 N–H and O–H groups in total. The van der Waals surface area contributed by atoms with Crippen LogP contribution in [-0.4, -0.2) is 51.3 Å². The van der Waals surface area contributed by atoms with E-state index >= 15 is 0 Å². The molecule has 3 heterocycles. The molecular formula is C21H27N3O2. The molecule has 2 aromatic rings. The molecule has 5 nitrogen and oxygen atoms in total. The summed E-state index contributed by atoms with van der Waals surface area (Å²) in [5.74, 6) is 0.176. The van der Waals surface area contributed by atoms with Gasteiger partial charge in [0.1, 0.15) is 5.69 Å². The van der Waals surface area contributed by atoms with E-state index in [1.165, 1.54) is 5.56 Å². The second kappa shape index (κ2) is 6.15. The number of piperidine rings is 2. The maximum atomic E-state index is 13.3. The number of aromatic nitrogens is 1. The summed E-state index contributed by atoms with van der Waals surface area (Å²) in [6.07, 6.45) is 3.81. The Hall–Kier alpha value is -2.30. The van der Waals surface area contributed by atoms with Crippen LogP contribution in [0.4, 0.5) is 0 Å². The van der Waals surface area contributed by atoms with E-state index in [-0.39, 0.29) is 23.4 Å². The van der Waals surface area contributed by atoms with Gasteiger partial charge in [0.25, 0.3) is 5.91 Å². The van der Waals surface area contributed by atoms with Crippen LogP contribution in [0.2, 0.25) is 0 Å². The van der Waals surface area contributed by atoms with Gasteiger partial charge in [0.15, 0.2) is 0 Å². The number of rotatable bonds is 1. The molecule has 2 saturated heterocycles. The summed E-state index contributed by atoms with van der Waals surface area (Å²) in [6.45, 7) is 7.44. The molecule has 0 unspecified atom stereocenters. The number of likely N-dealkylation sites (tertiary alicyclic amines) is 2. The molecule has 0 spiro atoms. The lowest BCUT2D eigenvalue weighted by Crippen LogP contribution is -2.68. The lowest BCUT2D eigenvalue weighted by Gasteiger charge is -2.56. The zero-order valence-electron chi connectivity index (χ0n) is 15.8. The summed E-state index contributed by atoms with van der Waals surface area (Å²) in [7, 11) is 0. The van der Waals surface area contributed by atoms with Crippen LogP contribution < -0.4 is 0 Å². The summed E-state index contributed by atoms with van der Waals surface area (Å²) in [4.78, 5) is 32.8. The van der Waals surface area contributed by atoms with Crippen molar-refractivity contribution in [1.29, 1.82) is 0 Å². The van der Waals surface area contributed by atoms with Gasteiger partial charge in [0, 0.05) is 30.9 Å². The van der Waals surface area contributed by atoms with Crippen molar-refractivity contribution in [3.8, 4) is 0 Å². The zero-order valence-corrected chi connectivity index (χ0v) is 15.8. The van der Waals surface area contributed by atoms with Crippen molar-refractivity contribution < 1.29 is 9.59 Å². The lowest BCUT2D eigenvalue weighted by molar-refractivity contribution is -0.143. The fourth-order valence-corrected chi connectivity index (χ4v) is 5.08. The molecule has 0 saturated carbocycles. The minimum Gasteiger partial charge on any atom is -0.351 e. The summed E-state index contributed by atoms with van der Waals surface area (Å²) >= 11 is 0. The standard InChI is InChI=1S/C21H27N3O2/c1-14-7-4-8-17-16(14)13-18(22-17)20(26)23-11-6-10-21(3)19(23)9-5-12-24(21)15(2)25/h4,7-8,13,19,22H,5-6,9-12H2,1-3H3/t19-,21+/m1/s1. The van der Waals surface area contributed by atoms with Gasteiger partial charge in [-0.15, -0.1) is 0 Å². The first-order valence-corrected chi connectivity index (χ1v) is 9.59. The maximum Gasteiger partial charge on any atom is 0.270 e. The first-order chi connectivity index (χ1) is 12.4. The minimum atomic E-state index is -0.250. The van der Waals surface area contributed by atoms with Crippen LogP contribution in [0.25, 0.3) is 10.9 Å². The van der Waals surface area contributed by atoms with Gasteiger partial charge in [-0.25, -0.2) is 0 Å². The number of nitrogens with zero attached hydrogens (tertiary/aromatic N) is 2. The smallest absolute Gasteiger partial charge is 0.270 e. The highest BCUT2D eigenvalue weighted by Gasteiger charge is 2.49. The first kappa shape index (κ1) is 17.1. The normalized spacial score (nSPS) is 26.0. The van der Waals surface area contributed by atoms with Crippen LogP contribution in [0.1, 0.15) is 55.6 Å². The molecule has 26 heavy (non-hydrogen) atoms. The van der Waals surface area contributed by atoms with E-state index in [2.05, 4.69) is 24.9 Å². The van der Waals surface area contributed by atoms with Gasteiger partial charge >= 0.3 is 0 Å². The summed E-state index contributed by atoms with van der Waals surface area (Å²) in [5, 5.41) is 1.10. The average Bonchev–Trinajstić information content (AvgIpc) is 3.05. The number of benzene rings is 1. The molecule has 2 atom stereocenters. The summed E-state index contributed by atoms with van der Waals surface area (Å²) in [6, 6.07) is 8.15. The molecule has 2 fully saturated rings. The van der Waals surface area contributed by atoms with Crippen molar-refractivity contribution in [3.63, 3.8) is 0 Å². The van der Waals surface area contributed by atoms with Crippen LogP contribution in [-0.2, 0) is 4.79 Å². The number of fused-ring (bicyclic) bond motifs is 2. The Labute approximate surface area is 154 Å². The fraction of sp³-hybridized carbons (Fsp3) is 0.524. The SMILES string of the molecule is CC(=O)N1CCC[C@H]2N(C(=O)c3cc4c(C)cccc4[nH]3)CCC[C@@]21C. The van der Waals surface area contributed by atoms with Gasteiger partial charge in [0.2, 0.25) is 5.91 Å². The van der Waals surface area contributed by atoms with Gasteiger partial charge in [-0.3, -0.25) is 9.59 Å². The Bertz CT molecular complexity index is 871. The largest absolute Gasteiger partial charge is 0.351 e. The molecule has 2 aliphatic rings. The van der Waals surface area contributed by atoms with Crippen LogP contribution in [0.3, 0.4) is 0 Å². The monoisotopic (exact) mass is 353 g/mol. The lowest BCUT2D eigenvalue weighted by atomic mass is 9.76. The topological polar surface area (TPSA) is 56.4 Å². The highest BCUT2D eigenvalue weighted by atomic mass is 16.2. The van der Waals surface area contributed by atoms with Gasteiger partial charge in [-0.2, -0.15) is 0 Å². The number of nitrogens with one attached hydrogen (secondary N) is 1. The third-order valence-corrected chi connectivity index (χ3v) is 6.41. The van der Waals surface area contributed by atoms with E-state index in [0.29, 0.717) is 5.69 Å². The molecule has 4 rings (SSSR count). The Kier molecular flexibility index (Phi) is 4.05. The van der Waals surface area contributed by atoms with Crippen LogP contribution in [0.5, 0.6) is 0 Å². The molecule has 2 aliphatic heterocycles. The third kappa shape index (κ3) is 2.52. The predicted molar refractivity (Wildman–Crippen MR) is 102 cm³/mol. The van der Waals surface area contributed by atoms with Crippen molar-refractivity contribution in [2.45, 2.75) is 58.0 Å². The van der Waals surface area contributed by atoms with E-state index in [1.54, 1.807) is 6.92 Å². The van der Waals surface area contributed by atoms with Crippen molar-refractivity contribution in [3.05, 3.63) is 35.5 Å². The summed E-state index contributed by atoms with van der Waals surface area (Å²) < 4.78 is 0. The Balaban J connectivity index is 1.68. The van der Waals surface area contributed by atoms with E-state index in [1.807, 2.05) is 28.0 Å². The minimum absolute atomic E-state index is 0.0573. The maximum absolute atomic E-state index is 13.3. The Morgan fingerprint density at radius 1 is 1.23 bits per heavy atom. The highest BCUT2D eigenvalue weighted by Crippen LogP contribution is 2.39. The van der Waals surface area contributed by atoms with E-state index < -0.39 is 0 Å². The van der Waals surface area contributed by atoms with E-state index in [4.69, 9.17) is 0 Å². The van der Waals surface area contributed by atoms with E-state index in [9.17, 15) is 9.59 Å². The first-order valence-electron chi connectivity index (χ1n) is 9.59. The fourth-order valence-electron chi connectivity index (χ4n) is 5.08. The van der Waals surface area contributed by atoms with Crippen molar-refractivity contribution >= 4 is 22.7 Å². The number of H-pyrrole nitrogens is 1. The molecule has 0 aliphatic carbocycles. The zero-order chi connectivity index (χ0) is 18.5. The molecule has 0 bridgehead atoms. The highest BCUT2D eigenvalue weighted by molar-refractivity contribution is 5.99. The molecule has 2 amide bonds. The molecule has 1 aromatic carbocycles.